The number of hydrogen-bond donors (Lipinski definition) is 1. The number of nitrogens with one attached hydrogen (secondary N) is 1. The highest BCUT2D eigenvalue weighted by Crippen LogP contribution is 2.27. The molecule has 212 valence electrons. The van der Waals surface area contributed by atoms with Crippen molar-refractivity contribution in [2.24, 2.45) is 0 Å². The summed E-state index contributed by atoms with van der Waals surface area (Å²) < 4.78 is 28.8. The van der Waals surface area contributed by atoms with Crippen LogP contribution in [-0.4, -0.2) is 43.8 Å². The van der Waals surface area contributed by atoms with Crippen LogP contribution in [0.5, 0.6) is 0 Å². The first-order chi connectivity index (χ1) is 19.2. The third-order valence-corrected chi connectivity index (χ3v) is 9.25. The zero-order valence-electron chi connectivity index (χ0n) is 22.9. The lowest BCUT2D eigenvalue weighted by Gasteiger charge is -2.34. The minimum absolute atomic E-state index is 0.0547. The van der Waals surface area contributed by atoms with Gasteiger partial charge in [-0.05, 0) is 62.1 Å². The van der Waals surface area contributed by atoms with Gasteiger partial charge in [-0.15, -0.1) is 0 Å². The number of sulfonamides is 1. The molecule has 0 spiro atoms. The van der Waals surface area contributed by atoms with Crippen molar-refractivity contribution in [3.8, 4) is 0 Å². The molecule has 1 N–H and O–H groups in total. The van der Waals surface area contributed by atoms with E-state index in [1.165, 1.54) is 23.1 Å². The predicted octanol–water partition coefficient (Wildman–Crippen LogP) is 5.71. The van der Waals surface area contributed by atoms with Gasteiger partial charge < -0.3 is 10.2 Å². The minimum Gasteiger partial charge on any atom is -0.352 e. The van der Waals surface area contributed by atoms with Crippen LogP contribution in [0.1, 0.15) is 50.2 Å². The van der Waals surface area contributed by atoms with Crippen LogP contribution in [0, 0.1) is 6.92 Å². The Balaban J connectivity index is 1.71. The van der Waals surface area contributed by atoms with Gasteiger partial charge in [0.15, 0.2) is 0 Å². The van der Waals surface area contributed by atoms with E-state index in [0.29, 0.717) is 11.4 Å². The summed E-state index contributed by atoms with van der Waals surface area (Å²) in [6, 6.07) is 21.5. The van der Waals surface area contributed by atoms with E-state index < -0.39 is 28.5 Å². The molecule has 1 aliphatic rings. The number of nitrogens with zero attached hydrogens (tertiary/aromatic N) is 2. The maximum Gasteiger partial charge on any atom is 0.264 e. The van der Waals surface area contributed by atoms with E-state index in [1.807, 2.05) is 38.1 Å². The first-order valence-electron chi connectivity index (χ1n) is 13.7. The van der Waals surface area contributed by atoms with Crippen LogP contribution in [0.15, 0.2) is 83.8 Å². The van der Waals surface area contributed by atoms with E-state index in [4.69, 9.17) is 11.6 Å². The average Bonchev–Trinajstić information content (AvgIpc) is 3.45. The number of anilines is 1. The molecular weight excluding hydrogens is 546 g/mol. The molecule has 4 rings (SSSR count). The summed E-state index contributed by atoms with van der Waals surface area (Å²) >= 11 is 6.23. The van der Waals surface area contributed by atoms with Crippen molar-refractivity contribution in [2.75, 3.05) is 10.8 Å². The number of hydrogen-bond acceptors (Lipinski definition) is 4. The number of rotatable bonds is 11. The lowest BCUT2D eigenvalue weighted by Crippen LogP contribution is -2.53. The van der Waals surface area contributed by atoms with Gasteiger partial charge in [-0.25, -0.2) is 8.42 Å². The van der Waals surface area contributed by atoms with Crippen LogP contribution in [-0.2, 0) is 26.2 Å². The molecule has 7 nitrogen and oxygen atoms in total. The molecule has 1 atom stereocenters. The summed E-state index contributed by atoms with van der Waals surface area (Å²) in [7, 11) is -4.12. The van der Waals surface area contributed by atoms with E-state index in [2.05, 4.69) is 5.32 Å². The van der Waals surface area contributed by atoms with Gasteiger partial charge in [-0.3, -0.25) is 13.9 Å². The largest absolute Gasteiger partial charge is 0.352 e. The summed E-state index contributed by atoms with van der Waals surface area (Å²) in [5.74, 6) is -0.690. The van der Waals surface area contributed by atoms with Crippen molar-refractivity contribution in [3.05, 3.63) is 95.0 Å². The smallest absolute Gasteiger partial charge is 0.264 e. The number of aryl methyl sites for hydroxylation is 1. The zero-order valence-corrected chi connectivity index (χ0v) is 24.5. The van der Waals surface area contributed by atoms with E-state index in [1.54, 1.807) is 36.4 Å². The third kappa shape index (κ3) is 7.23. The summed E-state index contributed by atoms with van der Waals surface area (Å²) in [6.45, 7) is 3.51. The second kappa shape index (κ2) is 13.3. The molecule has 9 heteroatoms. The van der Waals surface area contributed by atoms with Crippen molar-refractivity contribution in [2.45, 2.75) is 69.5 Å². The van der Waals surface area contributed by atoms with Gasteiger partial charge in [0.2, 0.25) is 11.8 Å². The minimum atomic E-state index is -4.12. The molecule has 3 aromatic carbocycles. The Kier molecular flexibility index (Phi) is 9.87. The Bertz CT molecular complexity index is 1430. The van der Waals surface area contributed by atoms with Gasteiger partial charge in [0.1, 0.15) is 12.6 Å². The molecule has 40 heavy (non-hydrogen) atoms. The average molecular weight is 582 g/mol. The molecule has 1 saturated carbocycles. The number of carbonyl (C=O) groups is 2. The van der Waals surface area contributed by atoms with Gasteiger partial charge >= 0.3 is 0 Å². The van der Waals surface area contributed by atoms with Crippen LogP contribution in [0.3, 0.4) is 0 Å². The molecule has 0 aromatic heterocycles. The highest BCUT2D eigenvalue weighted by molar-refractivity contribution is 7.92. The molecular formula is C31H36ClN3O4S. The molecule has 1 fully saturated rings. The summed E-state index contributed by atoms with van der Waals surface area (Å²) in [5.41, 5.74) is 2.16. The van der Waals surface area contributed by atoms with Crippen molar-refractivity contribution in [1.29, 1.82) is 0 Å². The second-order valence-electron chi connectivity index (χ2n) is 10.2. The van der Waals surface area contributed by atoms with Crippen molar-refractivity contribution >= 4 is 39.1 Å². The highest BCUT2D eigenvalue weighted by atomic mass is 35.5. The van der Waals surface area contributed by atoms with E-state index >= 15 is 0 Å². The third-order valence-electron chi connectivity index (χ3n) is 7.23. The fourth-order valence-corrected chi connectivity index (χ4v) is 6.79. The SMILES string of the molecule is CC[C@@H](C(=O)NC1CCCC1)N(Cc1cccc(C)c1)C(=O)CN(c1cccc(Cl)c1)S(=O)(=O)c1ccccc1. The maximum absolute atomic E-state index is 14.1. The molecule has 1 aliphatic carbocycles. The predicted molar refractivity (Wildman–Crippen MR) is 159 cm³/mol. The van der Waals surface area contributed by atoms with E-state index in [-0.39, 0.29) is 29.1 Å². The van der Waals surface area contributed by atoms with E-state index in [0.717, 1.165) is 41.1 Å². The van der Waals surface area contributed by atoms with Crippen molar-refractivity contribution in [1.82, 2.24) is 10.2 Å². The van der Waals surface area contributed by atoms with Gasteiger partial charge in [0, 0.05) is 17.6 Å². The quantitative estimate of drug-likeness (QED) is 0.314. The molecule has 0 aliphatic heterocycles. The van der Waals surface area contributed by atoms with Gasteiger partial charge in [0.05, 0.1) is 10.6 Å². The molecule has 3 aromatic rings. The molecule has 0 heterocycles. The van der Waals surface area contributed by atoms with Crippen LogP contribution in [0.4, 0.5) is 5.69 Å². The van der Waals surface area contributed by atoms with Gasteiger partial charge in [0.25, 0.3) is 10.0 Å². The Morgan fingerprint density at radius 3 is 2.33 bits per heavy atom. The number of amides is 2. The Labute approximate surface area is 242 Å². The summed E-state index contributed by atoms with van der Waals surface area (Å²) in [6.07, 6.45) is 4.37. The van der Waals surface area contributed by atoms with Crippen LogP contribution in [0.25, 0.3) is 0 Å². The Morgan fingerprint density at radius 1 is 0.975 bits per heavy atom. The molecule has 0 radical (unpaired) electrons. The fourth-order valence-electron chi connectivity index (χ4n) is 5.17. The van der Waals surface area contributed by atoms with Gasteiger partial charge in [-0.2, -0.15) is 0 Å². The lowest BCUT2D eigenvalue weighted by molar-refractivity contribution is -0.140. The number of carbonyl (C=O) groups excluding carboxylic acids is 2. The second-order valence-corrected chi connectivity index (χ2v) is 12.5. The normalized spacial score (nSPS) is 14.5. The lowest BCUT2D eigenvalue weighted by atomic mass is 10.1. The number of halogens is 1. The van der Waals surface area contributed by atoms with Crippen LogP contribution < -0.4 is 9.62 Å². The fraction of sp³-hybridized carbons (Fsp3) is 0.355. The van der Waals surface area contributed by atoms with Crippen LogP contribution in [0.2, 0.25) is 5.02 Å². The van der Waals surface area contributed by atoms with Gasteiger partial charge in [-0.1, -0.05) is 85.5 Å². The summed E-state index contributed by atoms with van der Waals surface area (Å²) in [5, 5.41) is 3.47. The van der Waals surface area contributed by atoms with Crippen LogP contribution >= 0.6 is 11.6 Å². The van der Waals surface area contributed by atoms with Crippen molar-refractivity contribution < 1.29 is 18.0 Å². The Hall–Kier alpha value is -3.36. The summed E-state index contributed by atoms with van der Waals surface area (Å²) in [4.78, 5) is 29.2. The monoisotopic (exact) mass is 581 g/mol. The standard InChI is InChI=1S/C31H36ClN3O4S/c1-3-29(31(37)33-26-14-7-8-15-26)34(21-24-12-9-11-23(2)19-24)30(36)22-35(27-16-10-13-25(32)20-27)40(38,39)28-17-5-4-6-18-28/h4-6,9-13,16-20,26,29H,3,7-8,14-15,21-22H2,1-2H3,(H,33,37)/t29-/m0/s1. The molecule has 2 amide bonds. The number of benzene rings is 3. The zero-order chi connectivity index (χ0) is 28.7. The maximum atomic E-state index is 14.1. The van der Waals surface area contributed by atoms with Crippen molar-refractivity contribution in [3.63, 3.8) is 0 Å². The first-order valence-corrected chi connectivity index (χ1v) is 15.5. The highest BCUT2D eigenvalue weighted by Gasteiger charge is 2.34. The topological polar surface area (TPSA) is 86.8 Å². The Morgan fingerprint density at radius 2 is 1.68 bits per heavy atom. The molecule has 0 bridgehead atoms. The molecule has 0 saturated heterocycles. The molecule has 0 unspecified atom stereocenters. The first kappa shape index (κ1) is 29.6. The van der Waals surface area contributed by atoms with E-state index in [9.17, 15) is 18.0 Å².